The van der Waals surface area contributed by atoms with E-state index in [0.717, 1.165) is 72.7 Å². The number of hydrogen-bond donors (Lipinski definition) is 1. The standard InChI is InChI=1S/C32H40N4O3S/c1-4-6-20-35(23-25-16-18-29(19-17-25)40(33,37)38)24-30-31(26-12-9-8-10-13-26)34-32(36(30)21-7-5-2)27-14-11-15-28(22-27)39-3/h8-19,22H,4-7,20-21,23-24H2,1-3H3,(H2,33,37,38). The van der Waals surface area contributed by atoms with Gasteiger partial charge in [-0.25, -0.2) is 18.5 Å². The van der Waals surface area contributed by atoms with Gasteiger partial charge in [0.2, 0.25) is 10.0 Å². The molecule has 0 unspecified atom stereocenters. The fraction of sp³-hybridized carbons (Fsp3) is 0.344. The van der Waals surface area contributed by atoms with Gasteiger partial charge in [-0.2, -0.15) is 0 Å². The summed E-state index contributed by atoms with van der Waals surface area (Å²) in [5.74, 6) is 1.74. The second-order valence-electron chi connectivity index (χ2n) is 10.1. The number of nitrogens with two attached hydrogens (primary N) is 1. The number of aromatic nitrogens is 2. The minimum Gasteiger partial charge on any atom is -0.497 e. The van der Waals surface area contributed by atoms with Gasteiger partial charge < -0.3 is 9.30 Å². The molecule has 0 spiro atoms. The van der Waals surface area contributed by atoms with Gasteiger partial charge in [-0.1, -0.05) is 81.3 Å². The number of unbranched alkanes of at least 4 members (excludes halogenated alkanes) is 2. The van der Waals surface area contributed by atoms with Crippen molar-refractivity contribution in [3.63, 3.8) is 0 Å². The highest BCUT2D eigenvalue weighted by Crippen LogP contribution is 2.32. The molecule has 8 heteroatoms. The van der Waals surface area contributed by atoms with Gasteiger partial charge in [0.15, 0.2) is 0 Å². The summed E-state index contributed by atoms with van der Waals surface area (Å²) in [6, 6.07) is 25.4. The van der Waals surface area contributed by atoms with Crippen LogP contribution < -0.4 is 9.88 Å². The van der Waals surface area contributed by atoms with E-state index in [1.165, 1.54) is 5.69 Å². The van der Waals surface area contributed by atoms with Crippen molar-refractivity contribution in [2.45, 2.75) is 64.1 Å². The predicted molar refractivity (Wildman–Crippen MR) is 161 cm³/mol. The Morgan fingerprint density at radius 1 is 0.875 bits per heavy atom. The van der Waals surface area contributed by atoms with E-state index in [1.54, 1.807) is 19.2 Å². The number of rotatable bonds is 14. The number of hydrogen-bond acceptors (Lipinski definition) is 5. The van der Waals surface area contributed by atoms with Crippen LogP contribution in [0.4, 0.5) is 0 Å². The molecule has 4 rings (SSSR count). The molecule has 0 saturated heterocycles. The highest BCUT2D eigenvalue weighted by Gasteiger charge is 2.22. The highest BCUT2D eigenvalue weighted by atomic mass is 32.2. The van der Waals surface area contributed by atoms with Gasteiger partial charge >= 0.3 is 0 Å². The molecule has 0 bridgehead atoms. The van der Waals surface area contributed by atoms with Crippen LogP contribution in [0.25, 0.3) is 22.6 Å². The summed E-state index contributed by atoms with van der Waals surface area (Å²) in [6.45, 7) is 7.58. The molecular weight excluding hydrogens is 520 g/mol. The monoisotopic (exact) mass is 560 g/mol. The number of primary sulfonamides is 1. The first-order chi connectivity index (χ1) is 19.3. The number of ether oxygens (including phenoxy) is 1. The Morgan fingerprint density at radius 3 is 2.23 bits per heavy atom. The van der Waals surface area contributed by atoms with Crippen molar-refractivity contribution < 1.29 is 13.2 Å². The van der Waals surface area contributed by atoms with Crippen molar-refractivity contribution in [1.29, 1.82) is 0 Å². The first-order valence-electron chi connectivity index (χ1n) is 14.0. The average molecular weight is 561 g/mol. The Morgan fingerprint density at radius 2 is 1.57 bits per heavy atom. The zero-order chi connectivity index (χ0) is 28.5. The molecule has 4 aromatic rings. The van der Waals surface area contributed by atoms with Crippen LogP contribution in [0.3, 0.4) is 0 Å². The van der Waals surface area contributed by atoms with Crippen LogP contribution in [0.15, 0.2) is 83.8 Å². The lowest BCUT2D eigenvalue weighted by molar-refractivity contribution is 0.246. The Balaban J connectivity index is 1.79. The van der Waals surface area contributed by atoms with E-state index >= 15 is 0 Å². The van der Waals surface area contributed by atoms with E-state index < -0.39 is 10.0 Å². The number of benzene rings is 3. The van der Waals surface area contributed by atoms with Crippen molar-refractivity contribution in [2.75, 3.05) is 13.7 Å². The molecule has 40 heavy (non-hydrogen) atoms. The van der Waals surface area contributed by atoms with Crippen LogP contribution in [0.2, 0.25) is 0 Å². The van der Waals surface area contributed by atoms with Gasteiger partial charge in [-0.3, -0.25) is 4.90 Å². The van der Waals surface area contributed by atoms with Gasteiger partial charge in [0.1, 0.15) is 11.6 Å². The van der Waals surface area contributed by atoms with Gasteiger partial charge in [-0.15, -0.1) is 0 Å². The summed E-state index contributed by atoms with van der Waals surface area (Å²) in [7, 11) is -2.04. The van der Waals surface area contributed by atoms with Gasteiger partial charge in [0, 0.05) is 30.8 Å². The zero-order valence-corrected chi connectivity index (χ0v) is 24.5. The first kappa shape index (κ1) is 29.5. The van der Waals surface area contributed by atoms with Crippen molar-refractivity contribution >= 4 is 10.0 Å². The maximum atomic E-state index is 11.8. The molecule has 2 N–H and O–H groups in total. The molecule has 0 aliphatic rings. The van der Waals surface area contributed by atoms with Crippen LogP contribution in [0.1, 0.15) is 50.8 Å². The third-order valence-corrected chi connectivity index (χ3v) is 7.97. The fourth-order valence-corrected chi connectivity index (χ4v) is 5.38. The third-order valence-electron chi connectivity index (χ3n) is 7.04. The summed E-state index contributed by atoms with van der Waals surface area (Å²) >= 11 is 0. The molecule has 0 aliphatic heterocycles. The lowest BCUT2D eigenvalue weighted by Gasteiger charge is -2.24. The van der Waals surface area contributed by atoms with E-state index in [0.29, 0.717) is 13.1 Å². The Bertz CT molecular complexity index is 1480. The third kappa shape index (κ3) is 7.38. The summed E-state index contributed by atoms with van der Waals surface area (Å²) in [5.41, 5.74) is 5.31. The molecule has 1 heterocycles. The van der Waals surface area contributed by atoms with E-state index in [1.807, 2.05) is 36.4 Å². The maximum Gasteiger partial charge on any atom is 0.238 e. The normalized spacial score (nSPS) is 11.7. The molecule has 7 nitrogen and oxygen atoms in total. The Hall–Kier alpha value is -3.46. The van der Waals surface area contributed by atoms with Crippen LogP contribution in [0.5, 0.6) is 5.75 Å². The Labute approximate surface area is 238 Å². The minimum atomic E-state index is -3.72. The maximum absolute atomic E-state index is 11.8. The molecule has 3 aromatic carbocycles. The van der Waals surface area contributed by atoms with Crippen LogP contribution in [-0.2, 0) is 29.7 Å². The number of sulfonamides is 1. The summed E-state index contributed by atoms with van der Waals surface area (Å²) in [5, 5.41) is 5.32. The quantitative estimate of drug-likeness (QED) is 0.191. The lowest BCUT2D eigenvalue weighted by Crippen LogP contribution is -2.26. The number of methoxy groups -OCH3 is 1. The van der Waals surface area contributed by atoms with E-state index in [9.17, 15) is 8.42 Å². The van der Waals surface area contributed by atoms with Gasteiger partial charge in [0.05, 0.1) is 23.4 Å². The topological polar surface area (TPSA) is 90.4 Å². The molecule has 0 amide bonds. The van der Waals surface area contributed by atoms with Crippen molar-refractivity contribution in [3.8, 4) is 28.4 Å². The molecule has 0 atom stereocenters. The molecule has 0 aliphatic carbocycles. The van der Waals surface area contributed by atoms with E-state index in [2.05, 4.69) is 53.6 Å². The summed E-state index contributed by atoms with van der Waals surface area (Å²) < 4.78 is 31.4. The smallest absolute Gasteiger partial charge is 0.238 e. The zero-order valence-electron chi connectivity index (χ0n) is 23.7. The summed E-state index contributed by atoms with van der Waals surface area (Å²) in [6.07, 6.45) is 4.25. The molecule has 212 valence electrons. The second-order valence-corrected chi connectivity index (χ2v) is 11.6. The Kier molecular flexibility index (Phi) is 10.1. The average Bonchev–Trinajstić information content (AvgIpc) is 3.32. The largest absolute Gasteiger partial charge is 0.497 e. The van der Waals surface area contributed by atoms with E-state index in [-0.39, 0.29) is 4.90 Å². The predicted octanol–water partition coefficient (Wildman–Crippen LogP) is 6.48. The molecule has 1 aromatic heterocycles. The molecule has 0 fully saturated rings. The fourth-order valence-electron chi connectivity index (χ4n) is 4.86. The van der Waals surface area contributed by atoms with Crippen LogP contribution >= 0.6 is 0 Å². The SMILES string of the molecule is CCCCN(Cc1ccc(S(N)(=O)=O)cc1)Cc1c(-c2ccccc2)nc(-c2cccc(OC)c2)n1CCCC. The van der Waals surface area contributed by atoms with Crippen molar-refractivity contribution in [1.82, 2.24) is 14.5 Å². The van der Waals surface area contributed by atoms with Gasteiger partial charge in [0.25, 0.3) is 0 Å². The minimum absolute atomic E-state index is 0.128. The van der Waals surface area contributed by atoms with Crippen molar-refractivity contribution in [2.24, 2.45) is 5.14 Å². The van der Waals surface area contributed by atoms with Gasteiger partial charge in [-0.05, 0) is 49.2 Å². The second kappa shape index (κ2) is 13.7. The highest BCUT2D eigenvalue weighted by molar-refractivity contribution is 7.89. The molecule has 0 saturated carbocycles. The summed E-state index contributed by atoms with van der Waals surface area (Å²) in [4.78, 5) is 7.81. The van der Waals surface area contributed by atoms with E-state index in [4.69, 9.17) is 14.9 Å². The molecular formula is C32H40N4O3S. The van der Waals surface area contributed by atoms with Crippen LogP contribution in [-0.4, -0.2) is 36.5 Å². The number of nitrogens with zero attached hydrogens (tertiary/aromatic N) is 3. The first-order valence-corrected chi connectivity index (χ1v) is 15.5. The van der Waals surface area contributed by atoms with Crippen molar-refractivity contribution in [3.05, 3.63) is 90.1 Å². The lowest BCUT2D eigenvalue weighted by atomic mass is 10.1. The van der Waals surface area contributed by atoms with Crippen LogP contribution in [0, 0.1) is 0 Å². The molecule has 0 radical (unpaired) electrons. The number of imidazole rings is 1.